The smallest absolute Gasteiger partial charge is 0.0558 e. The van der Waals surface area contributed by atoms with Crippen molar-refractivity contribution in [3.05, 3.63) is 0 Å². The summed E-state index contributed by atoms with van der Waals surface area (Å²) in [6.07, 6.45) is 0. The zero-order valence-electron chi connectivity index (χ0n) is 11.0. The molecule has 2 N–H and O–H groups in total. The van der Waals surface area contributed by atoms with Crippen molar-refractivity contribution in [3.8, 4) is 0 Å². The molecule has 0 unspecified atom stereocenters. The van der Waals surface area contributed by atoms with Crippen LogP contribution in [0.2, 0.25) is 0 Å². The summed E-state index contributed by atoms with van der Waals surface area (Å²) in [5.41, 5.74) is 0.259. The van der Waals surface area contributed by atoms with Crippen molar-refractivity contribution in [3.63, 3.8) is 0 Å². The molecule has 0 heterocycles. The van der Waals surface area contributed by atoms with Gasteiger partial charge in [-0.2, -0.15) is 0 Å². The van der Waals surface area contributed by atoms with Gasteiger partial charge in [-0.1, -0.05) is 20.8 Å². The van der Waals surface area contributed by atoms with Gasteiger partial charge in [-0.05, 0) is 25.8 Å². The van der Waals surface area contributed by atoms with E-state index in [9.17, 15) is 0 Å². The maximum atomic E-state index is 9.00. The fraction of sp³-hybridized carbons (Fsp3) is 1.00. The summed E-state index contributed by atoms with van der Waals surface area (Å²) >= 11 is 0. The molecular weight excluding hydrogens is 188 g/mol. The zero-order valence-corrected chi connectivity index (χ0v) is 11.0. The van der Waals surface area contributed by atoms with E-state index in [1.165, 1.54) is 0 Å². The van der Waals surface area contributed by atoms with Crippen LogP contribution in [0.3, 0.4) is 0 Å². The Kier molecular flexibility index (Phi) is 7.14. The van der Waals surface area contributed by atoms with E-state index < -0.39 is 0 Å². The minimum atomic E-state index is 0.246. The summed E-state index contributed by atoms with van der Waals surface area (Å²) in [5, 5.41) is 12.4. The van der Waals surface area contributed by atoms with Gasteiger partial charge in [0.25, 0.3) is 0 Å². The third kappa shape index (κ3) is 6.88. The second-order valence-corrected chi connectivity index (χ2v) is 5.23. The van der Waals surface area contributed by atoms with Crippen molar-refractivity contribution in [2.24, 2.45) is 5.41 Å². The van der Waals surface area contributed by atoms with Gasteiger partial charge in [-0.15, -0.1) is 0 Å². The fourth-order valence-corrected chi connectivity index (χ4v) is 1.72. The number of hydrogen-bond donors (Lipinski definition) is 2. The van der Waals surface area contributed by atoms with Crippen LogP contribution < -0.4 is 5.32 Å². The van der Waals surface area contributed by atoms with Crippen LogP contribution in [0.1, 0.15) is 34.6 Å². The third-order valence-corrected chi connectivity index (χ3v) is 2.60. The largest absolute Gasteiger partial charge is 0.395 e. The van der Waals surface area contributed by atoms with E-state index in [1.54, 1.807) is 0 Å². The normalized spacial score (nSPS) is 12.8. The molecule has 0 saturated heterocycles. The number of hydrogen-bond acceptors (Lipinski definition) is 3. The standard InChI is InChI=1S/C12H28N2O/c1-6-13-9-12(4,5)10-14(7-8-15)11(2)3/h11,13,15H,6-10H2,1-5H3. The van der Waals surface area contributed by atoms with E-state index in [0.717, 1.165) is 26.2 Å². The third-order valence-electron chi connectivity index (χ3n) is 2.60. The van der Waals surface area contributed by atoms with Crippen LogP contribution in [0.25, 0.3) is 0 Å². The van der Waals surface area contributed by atoms with E-state index in [-0.39, 0.29) is 12.0 Å². The molecule has 0 aliphatic rings. The highest BCUT2D eigenvalue weighted by Crippen LogP contribution is 2.17. The van der Waals surface area contributed by atoms with Crippen molar-refractivity contribution in [1.29, 1.82) is 0 Å². The van der Waals surface area contributed by atoms with Gasteiger partial charge >= 0.3 is 0 Å². The summed E-state index contributed by atoms with van der Waals surface area (Å²) in [7, 11) is 0. The van der Waals surface area contributed by atoms with Gasteiger partial charge in [0.1, 0.15) is 0 Å². The predicted octanol–water partition coefficient (Wildman–Crippen LogP) is 1.32. The molecule has 0 aromatic rings. The summed E-state index contributed by atoms with van der Waals surface area (Å²) in [6, 6.07) is 0.498. The molecule has 0 aromatic heterocycles. The minimum Gasteiger partial charge on any atom is -0.395 e. The highest BCUT2D eigenvalue weighted by Gasteiger charge is 2.22. The molecule has 0 rings (SSSR count). The number of nitrogens with zero attached hydrogens (tertiary/aromatic N) is 1. The summed E-state index contributed by atoms with van der Waals surface area (Å²) in [4.78, 5) is 2.33. The quantitative estimate of drug-likeness (QED) is 0.642. The van der Waals surface area contributed by atoms with Gasteiger partial charge in [0, 0.05) is 25.7 Å². The Labute approximate surface area is 94.9 Å². The maximum absolute atomic E-state index is 9.00. The van der Waals surface area contributed by atoms with E-state index in [0.29, 0.717) is 6.04 Å². The van der Waals surface area contributed by atoms with Crippen LogP contribution in [0.5, 0.6) is 0 Å². The van der Waals surface area contributed by atoms with Gasteiger partial charge in [0.15, 0.2) is 0 Å². The van der Waals surface area contributed by atoms with Crippen molar-refractivity contribution in [1.82, 2.24) is 10.2 Å². The maximum Gasteiger partial charge on any atom is 0.0558 e. The molecule has 15 heavy (non-hydrogen) atoms. The average molecular weight is 216 g/mol. The molecule has 0 bridgehead atoms. The monoisotopic (exact) mass is 216 g/mol. The molecule has 0 aromatic carbocycles. The molecule has 0 fully saturated rings. The summed E-state index contributed by atoms with van der Waals surface area (Å²) in [5.74, 6) is 0. The first-order valence-electron chi connectivity index (χ1n) is 5.98. The van der Waals surface area contributed by atoms with Crippen molar-refractivity contribution >= 4 is 0 Å². The van der Waals surface area contributed by atoms with Gasteiger partial charge in [0.2, 0.25) is 0 Å². The highest BCUT2D eigenvalue weighted by molar-refractivity contribution is 4.77. The van der Waals surface area contributed by atoms with Gasteiger partial charge in [-0.3, -0.25) is 4.90 Å². The van der Waals surface area contributed by atoms with Crippen molar-refractivity contribution in [2.45, 2.75) is 40.7 Å². The molecule has 0 radical (unpaired) electrons. The topological polar surface area (TPSA) is 35.5 Å². The first-order chi connectivity index (χ1) is 6.93. The Hall–Kier alpha value is -0.120. The molecule has 3 heteroatoms. The highest BCUT2D eigenvalue weighted by atomic mass is 16.3. The van der Waals surface area contributed by atoms with Crippen molar-refractivity contribution < 1.29 is 5.11 Å². The first-order valence-corrected chi connectivity index (χ1v) is 5.98. The molecule has 0 aliphatic heterocycles. The molecular formula is C12H28N2O. The number of nitrogens with one attached hydrogen (secondary N) is 1. The lowest BCUT2D eigenvalue weighted by Crippen LogP contribution is -2.44. The Morgan fingerprint density at radius 3 is 2.33 bits per heavy atom. The lowest BCUT2D eigenvalue weighted by Gasteiger charge is -2.35. The Bertz CT molecular complexity index is 158. The summed E-state index contributed by atoms with van der Waals surface area (Å²) in [6.45, 7) is 15.1. The molecule has 92 valence electrons. The predicted molar refractivity (Wildman–Crippen MR) is 66.1 cm³/mol. The van der Waals surface area contributed by atoms with Gasteiger partial charge < -0.3 is 10.4 Å². The van der Waals surface area contributed by atoms with Crippen LogP contribution >= 0.6 is 0 Å². The summed E-state index contributed by atoms with van der Waals surface area (Å²) < 4.78 is 0. The minimum absolute atomic E-state index is 0.246. The van der Waals surface area contributed by atoms with E-state index >= 15 is 0 Å². The number of rotatable bonds is 8. The number of aliphatic hydroxyl groups is 1. The number of aliphatic hydroxyl groups excluding tert-OH is 1. The van der Waals surface area contributed by atoms with Crippen LogP contribution in [-0.2, 0) is 0 Å². The molecule has 3 nitrogen and oxygen atoms in total. The molecule has 0 atom stereocenters. The van der Waals surface area contributed by atoms with Crippen LogP contribution in [-0.4, -0.2) is 48.8 Å². The second-order valence-electron chi connectivity index (χ2n) is 5.23. The fourth-order valence-electron chi connectivity index (χ4n) is 1.72. The molecule has 0 aliphatic carbocycles. The van der Waals surface area contributed by atoms with Crippen LogP contribution in [0.15, 0.2) is 0 Å². The van der Waals surface area contributed by atoms with Gasteiger partial charge in [0.05, 0.1) is 6.61 Å². The van der Waals surface area contributed by atoms with Crippen LogP contribution in [0.4, 0.5) is 0 Å². The molecule has 0 amide bonds. The van der Waals surface area contributed by atoms with E-state index in [1.807, 2.05) is 0 Å². The Balaban J connectivity index is 4.11. The molecule has 0 saturated carbocycles. The molecule has 0 spiro atoms. The first kappa shape index (κ1) is 14.9. The lowest BCUT2D eigenvalue weighted by molar-refractivity contribution is 0.115. The Morgan fingerprint density at radius 2 is 1.93 bits per heavy atom. The Morgan fingerprint density at radius 1 is 1.33 bits per heavy atom. The SMILES string of the molecule is CCNCC(C)(C)CN(CCO)C(C)C. The van der Waals surface area contributed by atoms with E-state index in [4.69, 9.17) is 5.11 Å². The second kappa shape index (κ2) is 7.20. The van der Waals surface area contributed by atoms with Crippen molar-refractivity contribution in [2.75, 3.05) is 32.8 Å². The van der Waals surface area contributed by atoms with E-state index in [2.05, 4.69) is 44.8 Å². The lowest BCUT2D eigenvalue weighted by atomic mass is 9.92. The van der Waals surface area contributed by atoms with Crippen LogP contribution in [0, 0.1) is 5.41 Å². The zero-order chi connectivity index (χ0) is 11.9. The average Bonchev–Trinajstić information content (AvgIpc) is 2.14. The van der Waals surface area contributed by atoms with Gasteiger partial charge in [-0.25, -0.2) is 0 Å².